The predicted molar refractivity (Wildman–Crippen MR) is 91.8 cm³/mol. The smallest absolute Gasteiger partial charge is 0.349 e. The van der Waals surface area contributed by atoms with Gasteiger partial charge in [-0.1, -0.05) is 0 Å². The Kier molecular flexibility index (Phi) is 4.06. The molecule has 0 radical (unpaired) electrons. The number of fused-ring (bicyclic) bond motifs is 2. The van der Waals surface area contributed by atoms with Crippen molar-refractivity contribution in [3.63, 3.8) is 0 Å². The maximum Gasteiger partial charge on any atom is 0.349 e. The van der Waals surface area contributed by atoms with E-state index in [1.807, 2.05) is 38.1 Å². The molecule has 2 aliphatic heterocycles. The number of H-pyrrole nitrogens is 1. The summed E-state index contributed by atoms with van der Waals surface area (Å²) in [7, 11) is 3.89. The van der Waals surface area contributed by atoms with Crippen LogP contribution in [0.3, 0.4) is 0 Å². The van der Waals surface area contributed by atoms with E-state index in [2.05, 4.69) is 15.0 Å². The molecule has 0 aliphatic carbocycles. The highest BCUT2D eigenvalue weighted by Gasteiger charge is 2.19. The Hall–Kier alpha value is -2.74. The molecule has 0 amide bonds. The largest absolute Gasteiger partial charge is 0.396 e. The zero-order chi connectivity index (χ0) is 17.4. The third-order valence-electron chi connectivity index (χ3n) is 3.95. The minimum absolute atomic E-state index is 0.00185. The zero-order valence-electron chi connectivity index (χ0n) is 13.8. The SMILES string of the molecule is Cc1cc2nc3c(=O)[nH]c(=O)nc-3n(CCCO)c2cc1N(C)C. The summed E-state index contributed by atoms with van der Waals surface area (Å²) >= 11 is 0. The van der Waals surface area contributed by atoms with Crippen LogP contribution in [0.1, 0.15) is 12.0 Å². The number of aliphatic hydroxyl groups excluding tert-OH is 1. The van der Waals surface area contributed by atoms with E-state index < -0.39 is 11.2 Å². The third-order valence-corrected chi connectivity index (χ3v) is 3.95. The van der Waals surface area contributed by atoms with Crippen LogP contribution >= 0.6 is 0 Å². The van der Waals surface area contributed by atoms with Gasteiger partial charge < -0.3 is 14.6 Å². The lowest BCUT2D eigenvalue weighted by atomic mass is 10.1. The number of aliphatic hydroxyl groups is 1. The van der Waals surface area contributed by atoms with E-state index in [-0.39, 0.29) is 18.1 Å². The monoisotopic (exact) mass is 329 g/mol. The summed E-state index contributed by atoms with van der Waals surface area (Å²) in [5.74, 6) is 0.234. The van der Waals surface area contributed by atoms with Crippen molar-refractivity contribution in [1.29, 1.82) is 0 Å². The Morgan fingerprint density at radius 3 is 2.67 bits per heavy atom. The number of benzene rings is 1. The van der Waals surface area contributed by atoms with Crippen molar-refractivity contribution in [2.45, 2.75) is 19.9 Å². The molecule has 2 N–H and O–H groups in total. The second-order valence-corrected chi connectivity index (χ2v) is 5.91. The van der Waals surface area contributed by atoms with Crippen LogP contribution in [0, 0.1) is 6.92 Å². The van der Waals surface area contributed by atoms with Crippen molar-refractivity contribution >= 4 is 16.7 Å². The van der Waals surface area contributed by atoms with Crippen LogP contribution in [0.2, 0.25) is 0 Å². The highest BCUT2D eigenvalue weighted by molar-refractivity contribution is 5.84. The first-order valence-electron chi connectivity index (χ1n) is 7.66. The van der Waals surface area contributed by atoms with Crippen molar-refractivity contribution < 1.29 is 5.11 Å². The molecule has 0 saturated carbocycles. The van der Waals surface area contributed by atoms with Crippen LogP contribution in [0.4, 0.5) is 5.69 Å². The third kappa shape index (κ3) is 2.65. The number of aromatic amines is 1. The molecule has 0 saturated heterocycles. The van der Waals surface area contributed by atoms with Gasteiger partial charge in [0.1, 0.15) is 0 Å². The predicted octanol–water partition coefficient (Wildman–Crippen LogP) is 0.341. The lowest BCUT2D eigenvalue weighted by Gasteiger charge is -2.20. The molecule has 2 heterocycles. The lowest BCUT2D eigenvalue weighted by molar-refractivity contribution is 0.280. The Morgan fingerprint density at radius 1 is 1.25 bits per heavy atom. The fourth-order valence-corrected chi connectivity index (χ4v) is 2.87. The molecule has 1 aromatic carbocycles. The Morgan fingerprint density at radius 2 is 2.00 bits per heavy atom. The molecule has 24 heavy (non-hydrogen) atoms. The van der Waals surface area contributed by atoms with Crippen LogP contribution in [0.25, 0.3) is 22.6 Å². The summed E-state index contributed by atoms with van der Waals surface area (Å²) in [6, 6.07) is 3.87. The molecule has 0 spiro atoms. The number of nitrogens with zero attached hydrogens (tertiary/aromatic N) is 4. The van der Waals surface area contributed by atoms with Gasteiger partial charge >= 0.3 is 5.69 Å². The average Bonchev–Trinajstić information content (AvgIpc) is 2.51. The van der Waals surface area contributed by atoms with Crippen molar-refractivity contribution in [3.8, 4) is 11.5 Å². The molecule has 0 unspecified atom stereocenters. The molecule has 0 fully saturated rings. The van der Waals surface area contributed by atoms with Gasteiger partial charge in [0.05, 0.1) is 11.0 Å². The van der Waals surface area contributed by atoms with Crippen molar-refractivity contribution in [2.75, 3.05) is 25.6 Å². The Bertz CT molecular complexity index is 989. The van der Waals surface area contributed by atoms with E-state index in [1.54, 1.807) is 4.57 Å². The Labute approximate surface area is 137 Å². The number of nitrogens with one attached hydrogen (secondary N) is 1. The van der Waals surface area contributed by atoms with Gasteiger partial charge in [-0.2, -0.15) is 4.98 Å². The van der Waals surface area contributed by atoms with Crippen LogP contribution in [0.15, 0.2) is 21.7 Å². The molecule has 0 aromatic heterocycles. The summed E-state index contributed by atoms with van der Waals surface area (Å²) < 4.78 is 1.77. The molecule has 126 valence electrons. The number of aromatic nitrogens is 4. The van der Waals surface area contributed by atoms with Crippen molar-refractivity contribution in [3.05, 3.63) is 38.5 Å². The van der Waals surface area contributed by atoms with Gasteiger partial charge in [0.2, 0.25) is 0 Å². The molecule has 2 aliphatic rings. The van der Waals surface area contributed by atoms with Crippen LogP contribution in [0.5, 0.6) is 0 Å². The molecular weight excluding hydrogens is 310 g/mol. The quantitative estimate of drug-likeness (QED) is 0.669. The van der Waals surface area contributed by atoms with Crippen LogP contribution < -0.4 is 16.1 Å². The minimum atomic E-state index is -0.702. The molecule has 3 rings (SSSR count). The van der Waals surface area contributed by atoms with E-state index in [0.29, 0.717) is 18.5 Å². The van der Waals surface area contributed by atoms with Gasteiger partial charge in [0.15, 0.2) is 11.5 Å². The van der Waals surface area contributed by atoms with E-state index in [9.17, 15) is 14.7 Å². The summed E-state index contributed by atoms with van der Waals surface area (Å²) in [6.07, 6.45) is 0.479. The van der Waals surface area contributed by atoms with Gasteiger partial charge in [0.25, 0.3) is 5.56 Å². The number of anilines is 1. The van der Waals surface area contributed by atoms with Crippen molar-refractivity contribution in [1.82, 2.24) is 19.5 Å². The summed E-state index contributed by atoms with van der Waals surface area (Å²) in [6.45, 7) is 2.40. The highest BCUT2D eigenvalue weighted by atomic mass is 16.3. The fourth-order valence-electron chi connectivity index (χ4n) is 2.87. The first-order valence-corrected chi connectivity index (χ1v) is 7.66. The fraction of sp³-hybridized carbons (Fsp3) is 0.375. The molecular formula is C16H19N5O3. The maximum atomic E-state index is 12.1. The first kappa shape index (κ1) is 16.1. The van der Waals surface area contributed by atoms with Gasteiger partial charge in [-0.25, -0.2) is 9.78 Å². The summed E-state index contributed by atoms with van der Waals surface area (Å²) in [4.78, 5) is 36.2. The van der Waals surface area contributed by atoms with Crippen LogP contribution in [-0.2, 0) is 6.54 Å². The molecule has 8 nitrogen and oxygen atoms in total. The van der Waals surface area contributed by atoms with E-state index in [4.69, 9.17) is 0 Å². The van der Waals surface area contributed by atoms with Gasteiger partial charge in [-0.3, -0.25) is 9.78 Å². The minimum Gasteiger partial charge on any atom is -0.396 e. The summed E-state index contributed by atoms with van der Waals surface area (Å²) in [5, 5.41) is 9.18. The second kappa shape index (κ2) is 6.04. The number of rotatable bonds is 4. The van der Waals surface area contributed by atoms with Gasteiger partial charge in [-0.15, -0.1) is 0 Å². The first-order chi connectivity index (χ1) is 11.4. The molecule has 1 aromatic rings. The zero-order valence-corrected chi connectivity index (χ0v) is 13.8. The van der Waals surface area contributed by atoms with Gasteiger partial charge in [-0.05, 0) is 31.0 Å². The standard InChI is InChI=1S/C16H19N5O3/c1-9-7-10-12(8-11(9)20(2)3)21(5-4-6-22)14-13(17-10)15(23)19-16(24)18-14/h7-8,22H,4-6H2,1-3H3,(H,19,23,24). The number of hydrogen-bond donors (Lipinski definition) is 2. The maximum absolute atomic E-state index is 12.1. The number of aryl methyl sites for hydroxylation is 2. The van der Waals surface area contributed by atoms with Crippen molar-refractivity contribution in [2.24, 2.45) is 0 Å². The normalized spacial score (nSPS) is 11.3. The van der Waals surface area contributed by atoms with Gasteiger partial charge in [0, 0.05) is 32.9 Å². The van der Waals surface area contributed by atoms with E-state index >= 15 is 0 Å². The Balaban J connectivity index is 2.45. The molecule has 0 bridgehead atoms. The lowest BCUT2D eigenvalue weighted by Crippen LogP contribution is -2.29. The van der Waals surface area contributed by atoms with Crippen LogP contribution in [-0.4, -0.2) is 45.3 Å². The highest BCUT2D eigenvalue weighted by Crippen LogP contribution is 2.27. The average molecular weight is 329 g/mol. The second-order valence-electron chi connectivity index (χ2n) is 5.91. The molecule has 0 atom stereocenters. The topological polar surface area (TPSA) is 104 Å². The number of hydrogen-bond acceptors (Lipinski definition) is 6. The summed E-state index contributed by atoms with van der Waals surface area (Å²) in [5.41, 5.74) is 2.31. The van der Waals surface area contributed by atoms with E-state index in [0.717, 1.165) is 16.8 Å². The van der Waals surface area contributed by atoms with E-state index in [1.165, 1.54) is 0 Å². The molecule has 8 heteroatoms.